The van der Waals surface area contributed by atoms with Gasteiger partial charge >= 0.3 is 5.97 Å². The van der Waals surface area contributed by atoms with Crippen molar-refractivity contribution in [3.63, 3.8) is 0 Å². The third-order valence-corrected chi connectivity index (χ3v) is 1.40. The molecule has 0 aliphatic carbocycles. The molecule has 5 nitrogen and oxygen atoms in total. The van der Waals surface area contributed by atoms with Crippen LogP contribution >= 0.6 is 0 Å². The minimum absolute atomic E-state index is 0.583. The van der Waals surface area contributed by atoms with E-state index >= 15 is 0 Å². The fourth-order valence-electron chi connectivity index (χ4n) is 0.761. The summed E-state index contributed by atoms with van der Waals surface area (Å²) >= 11 is 0. The van der Waals surface area contributed by atoms with Gasteiger partial charge in [-0.05, 0) is 6.92 Å². The summed E-state index contributed by atoms with van der Waals surface area (Å²) in [5.74, 6) is -0.290. The van der Waals surface area contributed by atoms with E-state index in [1.807, 2.05) is 0 Å². The van der Waals surface area contributed by atoms with Crippen molar-refractivity contribution in [1.29, 1.82) is 0 Å². The van der Waals surface area contributed by atoms with Gasteiger partial charge in [-0.3, -0.25) is 9.79 Å². The van der Waals surface area contributed by atoms with Crippen molar-refractivity contribution in [2.24, 2.45) is 4.99 Å². The zero-order chi connectivity index (χ0) is 8.27. The number of nitrogens with one attached hydrogen (secondary N) is 2. The lowest BCUT2D eigenvalue weighted by Crippen LogP contribution is -2.43. The molecule has 1 rings (SSSR count). The summed E-state index contributed by atoms with van der Waals surface area (Å²) in [6.45, 7) is 3.08. The summed E-state index contributed by atoms with van der Waals surface area (Å²) < 4.78 is 0. The highest BCUT2D eigenvalue weighted by Gasteiger charge is 2.13. The first-order valence-electron chi connectivity index (χ1n) is 3.48. The average Bonchev–Trinajstić information content (AvgIpc) is 2.39. The summed E-state index contributed by atoms with van der Waals surface area (Å²) in [5, 5.41) is 14.1. The molecule has 0 radical (unpaired) electrons. The summed E-state index contributed by atoms with van der Waals surface area (Å²) in [5.41, 5.74) is 0. The van der Waals surface area contributed by atoms with E-state index in [9.17, 15) is 4.79 Å². The second-order valence-corrected chi connectivity index (χ2v) is 2.36. The molecule has 1 aliphatic rings. The number of carboxylic acids is 1. The van der Waals surface area contributed by atoms with Crippen molar-refractivity contribution in [2.45, 2.75) is 13.0 Å². The lowest BCUT2D eigenvalue weighted by molar-refractivity contribution is -0.138. The molecule has 62 valence electrons. The first-order valence-corrected chi connectivity index (χ1v) is 3.48. The molecule has 0 spiro atoms. The molecule has 0 aromatic heterocycles. The molecular formula is C6H11N3O2. The Labute approximate surface area is 64.5 Å². The summed E-state index contributed by atoms with van der Waals surface area (Å²) in [6, 6.07) is -0.584. The first-order chi connectivity index (χ1) is 5.20. The molecule has 1 heterocycles. The Morgan fingerprint density at radius 3 is 3.09 bits per heavy atom. The van der Waals surface area contributed by atoms with Crippen LogP contribution < -0.4 is 10.6 Å². The SMILES string of the molecule is CC(NC1=NCCN1)C(=O)O. The summed E-state index contributed by atoms with van der Waals surface area (Å²) in [4.78, 5) is 14.3. The summed E-state index contributed by atoms with van der Waals surface area (Å²) in [6.07, 6.45) is 0. The highest BCUT2D eigenvalue weighted by atomic mass is 16.4. The molecule has 1 atom stereocenters. The third-order valence-electron chi connectivity index (χ3n) is 1.40. The molecule has 0 bridgehead atoms. The van der Waals surface area contributed by atoms with Gasteiger partial charge in [0.2, 0.25) is 0 Å². The zero-order valence-electron chi connectivity index (χ0n) is 6.29. The monoisotopic (exact) mass is 157 g/mol. The lowest BCUT2D eigenvalue weighted by Gasteiger charge is -2.09. The highest BCUT2D eigenvalue weighted by Crippen LogP contribution is 1.85. The van der Waals surface area contributed by atoms with E-state index in [0.29, 0.717) is 12.5 Å². The molecule has 1 aliphatic heterocycles. The van der Waals surface area contributed by atoms with Crippen LogP contribution in [-0.4, -0.2) is 36.2 Å². The third kappa shape index (κ3) is 2.10. The Morgan fingerprint density at radius 1 is 1.91 bits per heavy atom. The Bertz CT molecular complexity index is 190. The van der Waals surface area contributed by atoms with Crippen LogP contribution in [0, 0.1) is 0 Å². The number of guanidine groups is 1. The van der Waals surface area contributed by atoms with Crippen molar-refractivity contribution in [1.82, 2.24) is 10.6 Å². The van der Waals surface area contributed by atoms with Gasteiger partial charge in [-0.15, -0.1) is 0 Å². The molecule has 0 fully saturated rings. The quantitative estimate of drug-likeness (QED) is 0.481. The first kappa shape index (κ1) is 7.84. The second-order valence-electron chi connectivity index (χ2n) is 2.36. The number of carbonyl (C=O) groups is 1. The minimum Gasteiger partial charge on any atom is -0.480 e. The fraction of sp³-hybridized carbons (Fsp3) is 0.667. The predicted octanol–water partition coefficient (Wildman–Crippen LogP) is -0.992. The molecule has 0 amide bonds. The van der Waals surface area contributed by atoms with Gasteiger partial charge in [0.25, 0.3) is 0 Å². The molecule has 0 saturated carbocycles. The van der Waals surface area contributed by atoms with Crippen molar-refractivity contribution in [2.75, 3.05) is 13.1 Å². The van der Waals surface area contributed by atoms with E-state index in [4.69, 9.17) is 5.11 Å². The standard InChI is InChI=1S/C6H11N3O2/c1-4(5(10)11)9-6-7-2-3-8-6/h4H,2-3H2,1H3,(H,10,11)(H2,7,8,9). The van der Waals surface area contributed by atoms with Gasteiger partial charge in [0.1, 0.15) is 6.04 Å². The Hall–Kier alpha value is -1.26. The van der Waals surface area contributed by atoms with E-state index in [1.165, 1.54) is 0 Å². The van der Waals surface area contributed by atoms with Crippen LogP contribution in [0.1, 0.15) is 6.92 Å². The number of rotatable bonds is 2. The number of hydrogen-bond donors (Lipinski definition) is 3. The maximum absolute atomic E-state index is 10.3. The van der Waals surface area contributed by atoms with E-state index in [1.54, 1.807) is 6.92 Å². The van der Waals surface area contributed by atoms with E-state index in [-0.39, 0.29) is 0 Å². The minimum atomic E-state index is -0.874. The van der Waals surface area contributed by atoms with Crippen LogP contribution in [0.2, 0.25) is 0 Å². The van der Waals surface area contributed by atoms with Gasteiger partial charge in [-0.1, -0.05) is 0 Å². The van der Waals surface area contributed by atoms with Gasteiger partial charge in [0.05, 0.1) is 6.54 Å². The Morgan fingerprint density at radius 2 is 2.64 bits per heavy atom. The van der Waals surface area contributed by atoms with Gasteiger partial charge in [-0.25, -0.2) is 0 Å². The highest BCUT2D eigenvalue weighted by molar-refractivity contribution is 5.86. The number of carboxylic acid groups (broad SMARTS) is 1. The average molecular weight is 157 g/mol. The topological polar surface area (TPSA) is 73.7 Å². The number of hydrogen-bond acceptors (Lipinski definition) is 4. The molecule has 0 saturated heterocycles. The van der Waals surface area contributed by atoms with E-state index in [2.05, 4.69) is 15.6 Å². The van der Waals surface area contributed by atoms with Gasteiger partial charge in [-0.2, -0.15) is 0 Å². The van der Waals surface area contributed by atoms with E-state index in [0.717, 1.165) is 6.54 Å². The van der Waals surface area contributed by atoms with Crippen LogP contribution in [-0.2, 0) is 4.79 Å². The molecule has 5 heteroatoms. The number of nitrogens with zero attached hydrogens (tertiary/aromatic N) is 1. The molecule has 0 aromatic carbocycles. The fourth-order valence-corrected chi connectivity index (χ4v) is 0.761. The maximum Gasteiger partial charge on any atom is 0.325 e. The number of aliphatic carboxylic acids is 1. The van der Waals surface area contributed by atoms with Gasteiger partial charge in [0, 0.05) is 6.54 Å². The van der Waals surface area contributed by atoms with Crippen LogP contribution in [0.15, 0.2) is 4.99 Å². The van der Waals surface area contributed by atoms with Crippen LogP contribution in [0.5, 0.6) is 0 Å². The smallest absolute Gasteiger partial charge is 0.325 e. The normalized spacial score (nSPS) is 18.5. The Kier molecular flexibility index (Phi) is 2.30. The predicted molar refractivity (Wildman–Crippen MR) is 40.5 cm³/mol. The van der Waals surface area contributed by atoms with Crippen molar-refractivity contribution < 1.29 is 9.90 Å². The largest absolute Gasteiger partial charge is 0.480 e. The lowest BCUT2D eigenvalue weighted by atomic mass is 10.3. The molecule has 1 unspecified atom stereocenters. The van der Waals surface area contributed by atoms with Crippen LogP contribution in [0.3, 0.4) is 0 Å². The zero-order valence-corrected chi connectivity index (χ0v) is 6.29. The maximum atomic E-state index is 10.3. The molecule has 3 N–H and O–H groups in total. The molecule has 0 aromatic rings. The van der Waals surface area contributed by atoms with E-state index < -0.39 is 12.0 Å². The number of aliphatic imine (C=N–C) groups is 1. The Balaban J connectivity index is 2.35. The summed E-state index contributed by atoms with van der Waals surface area (Å²) in [7, 11) is 0. The second kappa shape index (κ2) is 3.23. The van der Waals surface area contributed by atoms with Crippen molar-refractivity contribution in [3.05, 3.63) is 0 Å². The van der Waals surface area contributed by atoms with Crippen LogP contribution in [0.25, 0.3) is 0 Å². The van der Waals surface area contributed by atoms with Gasteiger partial charge in [0.15, 0.2) is 5.96 Å². The molecular weight excluding hydrogens is 146 g/mol. The molecule has 11 heavy (non-hydrogen) atoms. The van der Waals surface area contributed by atoms with Crippen molar-refractivity contribution >= 4 is 11.9 Å². The van der Waals surface area contributed by atoms with Gasteiger partial charge < -0.3 is 15.7 Å². The van der Waals surface area contributed by atoms with Crippen LogP contribution in [0.4, 0.5) is 0 Å². The van der Waals surface area contributed by atoms with Crippen molar-refractivity contribution in [3.8, 4) is 0 Å².